The fourth-order valence-electron chi connectivity index (χ4n) is 4.27. The Kier molecular flexibility index (Phi) is 6.40. The summed E-state index contributed by atoms with van der Waals surface area (Å²) in [6, 6.07) is 11.1. The van der Waals surface area contributed by atoms with Crippen molar-refractivity contribution in [1.82, 2.24) is 4.98 Å². The minimum atomic E-state index is -1.46. The summed E-state index contributed by atoms with van der Waals surface area (Å²) in [4.78, 5) is 4.01. The van der Waals surface area contributed by atoms with Gasteiger partial charge < -0.3 is 44.4 Å². The molecule has 10 heteroatoms. The predicted molar refractivity (Wildman–Crippen MR) is 119 cm³/mol. The van der Waals surface area contributed by atoms with Gasteiger partial charge in [-0.1, -0.05) is 12.1 Å². The molecule has 2 aliphatic rings. The highest BCUT2D eigenvalue weighted by Crippen LogP contribution is 2.37. The molecule has 5 N–H and O–H groups in total. The van der Waals surface area contributed by atoms with Crippen LogP contribution < -0.4 is 14.8 Å². The van der Waals surface area contributed by atoms with Gasteiger partial charge in [0, 0.05) is 13.0 Å². The number of aliphatic hydroxyl groups is 4. The number of nitrogens with zero attached hydrogens (tertiary/aromatic N) is 1. The molecule has 34 heavy (non-hydrogen) atoms. The minimum Gasteiger partial charge on any atom is -0.490 e. The molecule has 0 saturated carbocycles. The summed E-state index contributed by atoms with van der Waals surface area (Å²) in [5.41, 5.74) is 3.24. The number of hydrogen-bond acceptors (Lipinski definition) is 10. The summed E-state index contributed by atoms with van der Waals surface area (Å²) in [7, 11) is 0. The van der Waals surface area contributed by atoms with Crippen LogP contribution in [0.2, 0.25) is 0 Å². The van der Waals surface area contributed by atoms with E-state index >= 15 is 0 Å². The molecule has 0 radical (unpaired) electrons. The molecule has 1 saturated heterocycles. The van der Waals surface area contributed by atoms with Crippen LogP contribution in [0.15, 0.2) is 53.5 Å². The first-order chi connectivity index (χ1) is 16.5. The van der Waals surface area contributed by atoms with E-state index in [1.54, 1.807) is 12.1 Å². The molecular formula is C24H26N2O8. The van der Waals surface area contributed by atoms with Crippen LogP contribution in [-0.4, -0.2) is 69.6 Å². The first-order valence-corrected chi connectivity index (χ1v) is 11.0. The maximum absolute atomic E-state index is 10.6. The third-order valence-corrected chi connectivity index (χ3v) is 6.04. The van der Waals surface area contributed by atoms with Gasteiger partial charge in [-0.05, 0) is 41.0 Å². The second-order valence-electron chi connectivity index (χ2n) is 8.33. The standard InChI is InChI=1S/C24H26N2O8/c27-10-19-21(28)22(29)23(30)24(34-19)14-2-4-17(33-20-11-31-12-26-20)15(9-14)7-13-1-3-18-16(8-13)25-5-6-32-18/h1-4,8-9,11-12,19,21-25,27-30H,5-7,10H2. The van der Waals surface area contributed by atoms with Crippen LogP contribution in [-0.2, 0) is 11.2 Å². The number of benzene rings is 2. The number of oxazole rings is 1. The van der Waals surface area contributed by atoms with E-state index in [2.05, 4.69) is 10.3 Å². The number of aromatic nitrogens is 1. The fourth-order valence-corrected chi connectivity index (χ4v) is 4.27. The Hall–Kier alpha value is -3.15. The zero-order chi connectivity index (χ0) is 23.7. The van der Waals surface area contributed by atoms with Crippen molar-refractivity contribution in [3.05, 3.63) is 65.7 Å². The van der Waals surface area contributed by atoms with Crippen molar-refractivity contribution in [3.8, 4) is 17.4 Å². The van der Waals surface area contributed by atoms with Crippen LogP contribution in [0.4, 0.5) is 5.69 Å². The average Bonchev–Trinajstić information content (AvgIpc) is 3.37. The molecule has 3 heterocycles. The molecule has 1 fully saturated rings. The van der Waals surface area contributed by atoms with Crippen molar-refractivity contribution < 1.29 is 39.1 Å². The molecule has 5 unspecified atom stereocenters. The molecule has 10 nitrogen and oxygen atoms in total. The van der Waals surface area contributed by atoms with E-state index in [1.165, 1.54) is 12.7 Å². The molecule has 2 aromatic carbocycles. The van der Waals surface area contributed by atoms with Gasteiger partial charge in [0.15, 0.2) is 12.7 Å². The van der Waals surface area contributed by atoms with Crippen LogP contribution in [0.3, 0.4) is 0 Å². The van der Waals surface area contributed by atoms with E-state index in [0.717, 1.165) is 29.1 Å². The number of ether oxygens (including phenoxy) is 3. The van der Waals surface area contributed by atoms with Gasteiger partial charge in [-0.3, -0.25) is 0 Å². The summed E-state index contributed by atoms with van der Waals surface area (Å²) in [6.45, 7) is 0.846. The van der Waals surface area contributed by atoms with Crippen molar-refractivity contribution in [1.29, 1.82) is 0 Å². The number of hydrogen-bond donors (Lipinski definition) is 5. The van der Waals surface area contributed by atoms with E-state index in [4.69, 9.17) is 18.6 Å². The van der Waals surface area contributed by atoms with Crippen molar-refractivity contribution in [2.45, 2.75) is 36.9 Å². The Morgan fingerprint density at radius 2 is 1.94 bits per heavy atom. The summed E-state index contributed by atoms with van der Waals surface area (Å²) >= 11 is 0. The van der Waals surface area contributed by atoms with Crippen molar-refractivity contribution >= 4 is 5.69 Å². The molecule has 5 atom stereocenters. The predicted octanol–water partition coefficient (Wildman–Crippen LogP) is 1.38. The van der Waals surface area contributed by atoms with Gasteiger partial charge in [-0.2, -0.15) is 4.98 Å². The summed E-state index contributed by atoms with van der Waals surface area (Å²) < 4.78 is 22.3. The minimum absolute atomic E-state index is 0.294. The van der Waals surface area contributed by atoms with Crippen molar-refractivity contribution in [2.24, 2.45) is 0 Å². The van der Waals surface area contributed by atoms with E-state index in [-0.39, 0.29) is 0 Å². The monoisotopic (exact) mass is 470 g/mol. The van der Waals surface area contributed by atoms with E-state index < -0.39 is 37.1 Å². The van der Waals surface area contributed by atoms with E-state index in [1.807, 2.05) is 24.3 Å². The molecule has 0 aliphatic carbocycles. The van der Waals surface area contributed by atoms with Gasteiger partial charge >= 0.3 is 0 Å². The van der Waals surface area contributed by atoms with Gasteiger partial charge in [0.2, 0.25) is 0 Å². The number of nitrogens with one attached hydrogen (secondary N) is 1. The SMILES string of the molecule is OCC1OC(c2ccc(Oc3cocn3)c(Cc3ccc4c(c3)NCCO4)c2)C(O)C(O)C1O. The molecule has 3 aromatic rings. The average molecular weight is 470 g/mol. The Labute approximate surface area is 195 Å². The van der Waals surface area contributed by atoms with Crippen LogP contribution in [0.25, 0.3) is 0 Å². The zero-order valence-electron chi connectivity index (χ0n) is 18.2. The quantitative estimate of drug-likeness (QED) is 0.358. The van der Waals surface area contributed by atoms with Crippen molar-refractivity contribution in [3.63, 3.8) is 0 Å². The first-order valence-electron chi connectivity index (χ1n) is 11.0. The Morgan fingerprint density at radius 3 is 2.74 bits per heavy atom. The Balaban J connectivity index is 1.48. The van der Waals surface area contributed by atoms with Gasteiger partial charge in [0.1, 0.15) is 48.6 Å². The largest absolute Gasteiger partial charge is 0.490 e. The van der Waals surface area contributed by atoms with Crippen molar-refractivity contribution in [2.75, 3.05) is 25.1 Å². The topological polar surface area (TPSA) is 147 Å². The Bertz CT molecular complexity index is 1120. The lowest BCUT2D eigenvalue weighted by Gasteiger charge is -2.40. The highest BCUT2D eigenvalue weighted by molar-refractivity contribution is 5.60. The molecule has 2 aliphatic heterocycles. The first kappa shape index (κ1) is 22.6. The van der Waals surface area contributed by atoms with Gasteiger partial charge in [0.25, 0.3) is 5.88 Å². The zero-order valence-corrected chi connectivity index (χ0v) is 18.2. The molecular weight excluding hydrogens is 444 g/mol. The summed E-state index contributed by atoms with van der Waals surface area (Å²) in [5, 5.41) is 43.8. The second-order valence-corrected chi connectivity index (χ2v) is 8.33. The molecule has 0 spiro atoms. The van der Waals surface area contributed by atoms with Crippen LogP contribution in [0, 0.1) is 0 Å². The normalized spacial score (nSPS) is 26.3. The third kappa shape index (κ3) is 4.46. The molecule has 180 valence electrons. The lowest BCUT2D eigenvalue weighted by molar-refractivity contribution is -0.231. The van der Waals surface area contributed by atoms with Gasteiger partial charge in [-0.15, -0.1) is 0 Å². The maximum atomic E-state index is 10.6. The number of anilines is 1. The molecule has 5 rings (SSSR count). The van der Waals surface area contributed by atoms with E-state index in [9.17, 15) is 20.4 Å². The smallest absolute Gasteiger partial charge is 0.258 e. The molecule has 1 aromatic heterocycles. The van der Waals surface area contributed by atoms with Crippen LogP contribution in [0.5, 0.6) is 17.4 Å². The van der Waals surface area contributed by atoms with Gasteiger partial charge in [0.05, 0.1) is 12.3 Å². The lowest BCUT2D eigenvalue weighted by atomic mass is 9.90. The summed E-state index contributed by atoms with van der Waals surface area (Å²) in [6.07, 6.45) is -3.07. The lowest BCUT2D eigenvalue weighted by Crippen LogP contribution is -2.55. The molecule has 0 amide bonds. The number of fused-ring (bicyclic) bond motifs is 1. The molecule has 0 bridgehead atoms. The van der Waals surface area contributed by atoms with E-state index in [0.29, 0.717) is 30.2 Å². The third-order valence-electron chi connectivity index (χ3n) is 6.04. The second kappa shape index (κ2) is 9.61. The summed E-state index contributed by atoms with van der Waals surface area (Å²) in [5.74, 6) is 1.62. The highest BCUT2D eigenvalue weighted by Gasteiger charge is 2.44. The van der Waals surface area contributed by atoms with Crippen LogP contribution in [0.1, 0.15) is 22.8 Å². The Morgan fingerprint density at radius 1 is 1.06 bits per heavy atom. The number of aliphatic hydroxyl groups excluding tert-OH is 4. The van der Waals surface area contributed by atoms with Crippen LogP contribution >= 0.6 is 0 Å². The fraction of sp³-hybridized carbons (Fsp3) is 0.375. The highest BCUT2D eigenvalue weighted by atomic mass is 16.5. The van der Waals surface area contributed by atoms with Gasteiger partial charge in [-0.25, -0.2) is 0 Å². The maximum Gasteiger partial charge on any atom is 0.258 e. The number of rotatable bonds is 6.